The van der Waals surface area contributed by atoms with E-state index in [0.29, 0.717) is 0 Å². The molecule has 1 rings (SSSR count). The number of alkyl halides is 4. The molecule has 0 fully saturated rings. The topological polar surface area (TPSA) is 37.3 Å². The summed E-state index contributed by atoms with van der Waals surface area (Å²) in [5, 5.41) is 8.33. The third-order valence-corrected chi connectivity index (χ3v) is 1.86. The highest BCUT2D eigenvalue weighted by Gasteiger charge is 2.63. The van der Waals surface area contributed by atoms with Crippen molar-refractivity contribution >= 4 is 5.97 Å². The zero-order chi connectivity index (χ0) is 11.7. The molecule has 0 spiro atoms. The van der Waals surface area contributed by atoms with Crippen LogP contribution in [0.15, 0.2) is 30.3 Å². The molecule has 6 heteroatoms. The second-order valence-electron chi connectivity index (χ2n) is 2.83. The van der Waals surface area contributed by atoms with Crippen LogP contribution in [0.5, 0.6) is 0 Å². The second-order valence-corrected chi connectivity index (χ2v) is 2.83. The van der Waals surface area contributed by atoms with Crippen molar-refractivity contribution in [3.05, 3.63) is 35.9 Å². The van der Waals surface area contributed by atoms with Gasteiger partial charge in [0.05, 0.1) is 0 Å². The Hall–Kier alpha value is -1.59. The van der Waals surface area contributed by atoms with Crippen LogP contribution >= 0.6 is 0 Å². The molecular weight excluding hydrogens is 216 g/mol. The Labute approximate surface area is 82.1 Å². The minimum atomic E-state index is -5.49. The Morgan fingerprint density at radius 3 is 1.87 bits per heavy atom. The smallest absolute Gasteiger partial charge is 0.437 e. The normalized spacial score (nSPS) is 15.7. The highest BCUT2D eigenvalue weighted by Crippen LogP contribution is 2.42. The summed E-state index contributed by atoms with van der Waals surface area (Å²) in [6, 6.07) is 5.20. The molecule has 1 unspecified atom stereocenters. The molecule has 0 saturated heterocycles. The Morgan fingerprint density at radius 2 is 1.53 bits per heavy atom. The largest absolute Gasteiger partial charge is 0.478 e. The Bertz CT molecular complexity index is 360. The summed E-state index contributed by atoms with van der Waals surface area (Å²) in [5.74, 6) is -2.57. The van der Waals surface area contributed by atoms with Crippen LogP contribution in [-0.2, 0) is 10.5 Å². The van der Waals surface area contributed by atoms with E-state index in [1.807, 2.05) is 0 Å². The zero-order valence-electron chi connectivity index (χ0n) is 7.25. The van der Waals surface area contributed by atoms with Crippen LogP contribution in [0.3, 0.4) is 0 Å². The van der Waals surface area contributed by atoms with Crippen molar-refractivity contribution in [2.45, 2.75) is 11.8 Å². The van der Waals surface area contributed by atoms with Gasteiger partial charge >= 0.3 is 17.8 Å². The predicted molar refractivity (Wildman–Crippen MR) is 42.9 cm³/mol. The molecule has 0 aliphatic heterocycles. The summed E-state index contributed by atoms with van der Waals surface area (Å²) >= 11 is 0. The van der Waals surface area contributed by atoms with E-state index in [1.165, 1.54) is 6.07 Å². The first-order valence-electron chi connectivity index (χ1n) is 3.84. The second kappa shape index (κ2) is 3.52. The van der Waals surface area contributed by atoms with Crippen molar-refractivity contribution in [3.63, 3.8) is 0 Å². The van der Waals surface area contributed by atoms with Gasteiger partial charge in [-0.15, -0.1) is 0 Å². The van der Waals surface area contributed by atoms with Crippen molar-refractivity contribution < 1.29 is 27.5 Å². The third-order valence-electron chi connectivity index (χ3n) is 1.86. The van der Waals surface area contributed by atoms with Gasteiger partial charge in [0, 0.05) is 5.56 Å². The molecule has 1 N–H and O–H groups in total. The molecule has 1 atom stereocenters. The average Bonchev–Trinajstić information content (AvgIpc) is 2.16. The van der Waals surface area contributed by atoms with E-state index >= 15 is 0 Å². The van der Waals surface area contributed by atoms with Crippen LogP contribution < -0.4 is 0 Å². The first-order valence-corrected chi connectivity index (χ1v) is 3.84. The monoisotopic (exact) mass is 222 g/mol. The summed E-state index contributed by atoms with van der Waals surface area (Å²) < 4.78 is 50.3. The Morgan fingerprint density at radius 1 is 1.07 bits per heavy atom. The minimum absolute atomic E-state index is 0.779. The predicted octanol–water partition coefficient (Wildman–Crippen LogP) is 2.50. The molecular formula is C9H6F4O2. The van der Waals surface area contributed by atoms with Crippen molar-refractivity contribution in [2.24, 2.45) is 0 Å². The molecule has 0 aromatic heterocycles. The number of aliphatic carboxylic acids is 1. The molecule has 0 aliphatic carbocycles. The van der Waals surface area contributed by atoms with Gasteiger partial charge in [-0.25, -0.2) is 9.18 Å². The van der Waals surface area contributed by atoms with Crippen LogP contribution in [0.2, 0.25) is 0 Å². The molecule has 82 valence electrons. The average molecular weight is 222 g/mol. The number of halogens is 4. The molecule has 0 saturated carbocycles. The highest BCUT2D eigenvalue weighted by atomic mass is 19.4. The zero-order valence-corrected chi connectivity index (χ0v) is 7.25. The molecule has 0 aliphatic rings. The molecule has 0 amide bonds. The number of carboxylic acids is 1. The summed E-state index contributed by atoms with van der Waals surface area (Å²) in [4.78, 5) is 10.4. The Balaban J connectivity index is 3.32. The molecule has 0 radical (unpaired) electrons. The fourth-order valence-electron chi connectivity index (χ4n) is 1.08. The maximum absolute atomic E-state index is 13.4. The van der Waals surface area contributed by atoms with Gasteiger partial charge in [-0.3, -0.25) is 0 Å². The molecule has 1 aromatic rings. The van der Waals surface area contributed by atoms with Crippen LogP contribution in [0.4, 0.5) is 17.6 Å². The van der Waals surface area contributed by atoms with Crippen LogP contribution in [0.25, 0.3) is 0 Å². The van der Waals surface area contributed by atoms with Gasteiger partial charge in [-0.2, -0.15) is 13.2 Å². The van der Waals surface area contributed by atoms with Gasteiger partial charge in [-0.1, -0.05) is 30.3 Å². The van der Waals surface area contributed by atoms with Gasteiger partial charge in [0.1, 0.15) is 0 Å². The van der Waals surface area contributed by atoms with Crippen LogP contribution in [0, 0.1) is 0 Å². The fourth-order valence-corrected chi connectivity index (χ4v) is 1.08. The molecule has 2 nitrogen and oxygen atoms in total. The number of carboxylic acid groups (broad SMARTS) is 1. The van der Waals surface area contributed by atoms with Crippen molar-refractivity contribution in [3.8, 4) is 0 Å². The maximum atomic E-state index is 13.4. The first-order chi connectivity index (χ1) is 6.80. The van der Waals surface area contributed by atoms with E-state index in [0.717, 1.165) is 24.3 Å². The van der Waals surface area contributed by atoms with E-state index in [1.54, 1.807) is 0 Å². The van der Waals surface area contributed by atoms with Crippen LogP contribution in [-0.4, -0.2) is 17.3 Å². The van der Waals surface area contributed by atoms with Gasteiger partial charge in [0.2, 0.25) is 0 Å². The molecule has 15 heavy (non-hydrogen) atoms. The van der Waals surface area contributed by atoms with Crippen molar-refractivity contribution in [2.75, 3.05) is 0 Å². The minimum Gasteiger partial charge on any atom is -0.478 e. The van der Waals surface area contributed by atoms with Gasteiger partial charge in [0.15, 0.2) is 0 Å². The third kappa shape index (κ3) is 1.79. The van der Waals surface area contributed by atoms with Crippen molar-refractivity contribution in [1.82, 2.24) is 0 Å². The molecule has 1 aromatic carbocycles. The van der Waals surface area contributed by atoms with E-state index < -0.39 is 23.4 Å². The van der Waals surface area contributed by atoms with Gasteiger partial charge in [-0.05, 0) is 0 Å². The Kier molecular flexibility index (Phi) is 2.70. The summed E-state index contributed by atoms with van der Waals surface area (Å²) in [6.07, 6.45) is -5.49. The summed E-state index contributed by atoms with van der Waals surface area (Å²) in [6.45, 7) is 0. The quantitative estimate of drug-likeness (QED) is 0.780. The lowest BCUT2D eigenvalue weighted by atomic mass is 9.95. The van der Waals surface area contributed by atoms with Crippen molar-refractivity contribution in [1.29, 1.82) is 0 Å². The SMILES string of the molecule is O=C(O)C(F)(c1ccccc1)C(F)(F)F. The number of carbonyl (C=O) groups is 1. The van der Waals surface area contributed by atoms with E-state index in [2.05, 4.69) is 0 Å². The summed E-state index contributed by atoms with van der Waals surface area (Å²) in [5.41, 5.74) is -5.29. The molecule has 0 heterocycles. The maximum Gasteiger partial charge on any atom is 0.437 e. The van der Waals surface area contributed by atoms with Gasteiger partial charge in [0.25, 0.3) is 0 Å². The van der Waals surface area contributed by atoms with Gasteiger partial charge < -0.3 is 5.11 Å². The molecule has 0 bridgehead atoms. The van der Waals surface area contributed by atoms with E-state index in [-0.39, 0.29) is 0 Å². The standard InChI is InChI=1S/C9H6F4O2/c10-8(7(14)15,9(11,12)13)6-4-2-1-3-5-6/h1-5H,(H,14,15). The highest BCUT2D eigenvalue weighted by molar-refractivity contribution is 5.80. The number of hydrogen-bond donors (Lipinski definition) is 1. The number of benzene rings is 1. The lowest BCUT2D eigenvalue weighted by Gasteiger charge is -2.23. The fraction of sp³-hybridized carbons (Fsp3) is 0.222. The van der Waals surface area contributed by atoms with E-state index in [9.17, 15) is 22.4 Å². The number of hydrogen-bond acceptors (Lipinski definition) is 1. The lowest BCUT2D eigenvalue weighted by molar-refractivity contribution is -0.240. The van der Waals surface area contributed by atoms with Crippen LogP contribution in [0.1, 0.15) is 5.56 Å². The number of rotatable bonds is 2. The summed E-state index contributed by atoms with van der Waals surface area (Å²) in [7, 11) is 0. The first kappa shape index (κ1) is 11.5. The van der Waals surface area contributed by atoms with E-state index in [4.69, 9.17) is 5.11 Å². The lowest BCUT2D eigenvalue weighted by Crippen LogP contribution is -2.45.